The summed E-state index contributed by atoms with van der Waals surface area (Å²) in [5, 5.41) is 1.62. The SMILES string of the molecule is Cc1ccc(N2C(SCc3ccccc3Cl)=N[C@H]3CS(=O)(=O)C[C@H]32)cc1C. The first kappa shape index (κ1) is 18.8. The maximum atomic E-state index is 12.2. The summed E-state index contributed by atoms with van der Waals surface area (Å²) in [7, 11) is -3.04. The van der Waals surface area contributed by atoms with E-state index in [-0.39, 0.29) is 23.6 Å². The lowest BCUT2D eigenvalue weighted by molar-refractivity contribution is 0.601. The van der Waals surface area contributed by atoms with Crippen LogP contribution in [0.2, 0.25) is 5.02 Å². The third kappa shape index (κ3) is 3.75. The number of thioether (sulfide) groups is 1. The molecule has 2 aliphatic rings. The van der Waals surface area contributed by atoms with Crippen LogP contribution in [0.4, 0.5) is 5.69 Å². The van der Waals surface area contributed by atoms with Gasteiger partial charge in [0.2, 0.25) is 0 Å². The van der Waals surface area contributed by atoms with E-state index in [1.165, 1.54) is 11.1 Å². The number of aryl methyl sites for hydroxylation is 2. The molecule has 0 N–H and O–H groups in total. The van der Waals surface area contributed by atoms with Gasteiger partial charge in [0.25, 0.3) is 0 Å². The first-order valence-corrected chi connectivity index (χ1v) is 12.0. The van der Waals surface area contributed by atoms with Gasteiger partial charge in [-0.3, -0.25) is 4.99 Å². The van der Waals surface area contributed by atoms with Gasteiger partial charge < -0.3 is 4.90 Å². The van der Waals surface area contributed by atoms with E-state index in [0.717, 1.165) is 21.4 Å². The summed E-state index contributed by atoms with van der Waals surface area (Å²) in [5.74, 6) is 0.992. The number of fused-ring (bicyclic) bond motifs is 1. The Labute approximate surface area is 169 Å². The van der Waals surface area contributed by atoms with Gasteiger partial charge >= 0.3 is 0 Å². The van der Waals surface area contributed by atoms with Gasteiger partial charge in [-0.15, -0.1) is 0 Å². The van der Waals surface area contributed by atoms with Crippen molar-refractivity contribution < 1.29 is 8.42 Å². The van der Waals surface area contributed by atoms with Gasteiger partial charge in [-0.05, 0) is 48.7 Å². The summed E-state index contributed by atoms with van der Waals surface area (Å²) >= 11 is 7.91. The summed E-state index contributed by atoms with van der Waals surface area (Å²) < 4.78 is 24.3. The van der Waals surface area contributed by atoms with Crippen LogP contribution in [0, 0.1) is 13.8 Å². The predicted molar refractivity (Wildman–Crippen MR) is 115 cm³/mol. The first-order valence-electron chi connectivity index (χ1n) is 8.85. The van der Waals surface area contributed by atoms with Crippen molar-refractivity contribution in [3.8, 4) is 0 Å². The third-order valence-electron chi connectivity index (χ3n) is 5.19. The van der Waals surface area contributed by atoms with E-state index < -0.39 is 9.84 Å². The first-order chi connectivity index (χ1) is 12.8. The molecule has 7 heteroatoms. The molecule has 0 saturated carbocycles. The van der Waals surface area contributed by atoms with Gasteiger partial charge in [0.05, 0.1) is 23.6 Å². The number of benzene rings is 2. The number of amidine groups is 1. The Balaban J connectivity index is 1.65. The Morgan fingerprint density at radius 1 is 1.15 bits per heavy atom. The monoisotopic (exact) mass is 420 g/mol. The molecule has 1 saturated heterocycles. The van der Waals surface area contributed by atoms with E-state index in [0.29, 0.717) is 5.75 Å². The average Bonchev–Trinajstić information content (AvgIpc) is 3.08. The van der Waals surface area contributed by atoms with E-state index in [9.17, 15) is 8.42 Å². The fourth-order valence-electron chi connectivity index (χ4n) is 3.57. The molecule has 0 bridgehead atoms. The molecule has 0 unspecified atom stereocenters. The molecular weight excluding hydrogens is 400 g/mol. The Hall–Kier alpha value is -1.50. The van der Waals surface area contributed by atoms with Crippen molar-refractivity contribution in [2.24, 2.45) is 4.99 Å². The molecular formula is C20H21ClN2O2S2. The minimum absolute atomic E-state index is 0.120. The zero-order chi connectivity index (χ0) is 19.2. The molecule has 1 fully saturated rings. The van der Waals surface area contributed by atoms with Crippen molar-refractivity contribution in [3.05, 3.63) is 64.2 Å². The molecule has 142 valence electrons. The minimum Gasteiger partial charge on any atom is -0.315 e. The largest absolute Gasteiger partial charge is 0.315 e. The predicted octanol–water partition coefficient (Wildman–Crippen LogP) is 4.23. The Morgan fingerprint density at radius 3 is 2.67 bits per heavy atom. The number of anilines is 1. The summed E-state index contributed by atoms with van der Waals surface area (Å²) in [5.41, 5.74) is 4.47. The molecule has 2 atom stereocenters. The normalized spacial score (nSPS) is 23.4. The summed E-state index contributed by atoms with van der Waals surface area (Å²) in [6.45, 7) is 4.15. The van der Waals surface area contributed by atoms with Crippen LogP contribution in [0.15, 0.2) is 47.5 Å². The lowest BCUT2D eigenvalue weighted by Gasteiger charge is -2.27. The van der Waals surface area contributed by atoms with Crippen molar-refractivity contribution in [1.82, 2.24) is 0 Å². The van der Waals surface area contributed by atoms with Crippen molar-refractivity contribution >= 4 is 44.1 Å². The van der Waals surface area contributed by atoms with Crippen LogP contribution in [-0.4, -0.2) is 37.2 Å². The molecule has 0 aromatic heterocycles. The van der Waals surface area contributed by atoms with Gasteiger partial charge in [0.1, 0.15) is 0 Å². The minimum atomic E-state index is -3.04. The highest BCUT2D eigenvalue weighted by Gasteiger charge is 2.47. The van der Waals surface area contributed by atoms with Crippen molar-refractivity contribution in [2.75, 3.05) is 16.4 Å². The maximum Gasteiger partial charge on any atom is 0.164 e. The quantitative estimate of drug-likeness (QED) is 0.745. The van der Waals surface area contributed by atoms with Crippen molar-refractivity contribution in [2.45, 2.75) is 31.7 Å². The molecule has 0 spiro atoms. The third-order valence-corrected chi connectivity index (χ3v) is 8.27. The van der Waals surface area contributed by atoms with Crippen LogP contribution in [0.3, 0.4) is 0 Å². The molecule has 0 amide bonds. The Bertz CT molecular complexity index is 1020. The van der Waals surface area contributed by atoms with Crippen molar-refractivity contribution in [1.29, 1.82) is 0 Å². The number of hydrogen-bond acceptors (Lipinski definition) is 5. The number of hydrogen-bond donors (Lipinski definition) is 0. The number of halogens is 1. The van der Waals surface area contributed by atoms with E-state index >= 15 is 0 Å². The van der Waals surface area contributed by atoms with Gasteiger partial charge in [-0.2, -0.15) is 0 Å². The fraction of sp³-hybridized carbons (Fsp3) is 0.350. The highest BCUT2D eigenvalue weighted by Crippen LogP contribution is 2.37. The van der Waals surface area contributed by atoms with Crippen LogP contribution < -0.4 is 4.90 Å². The van der Waals surface area contributed by atoms with Crippen LogP contribution in [0.25, 0.3) is 0 Å². The molecule has 27 heavy (non-hydrogen) atoms. The Kier molecular flexibility index (Phi) is 4.99. The van der Waals surface area contributed by atoms with Gasteiger partial charge in [0, 0.05) is 16.5 Å². The highest BCUT2D eigenvalue weighted by molar-refractivity contribution is 8.13. The Morgan fingerprint density at radius 2 is 1.93 bits per heavy atom. The van der Waals surface area contributed by atoms with E-state index in [1.807, 2.05) is 24.3 Å². The molecule has 0 aliphatic carbocycles. The van der Waals surface area contributed by atoms with Crippen LogP contribution in [0.5, 0.6) is 0 Å². The van der Waals surface area contributed by atoms with Crippen LogP contribution in [-0.2, 0) is 15.6 Å². The lowest BCUT2D eigenvalue weighted by Crippen LogP contribution is -2.39. The summed E-state index contributed by atoms with van der Waals surface area (Å²) in [4.78, 5) is 6.90. The topological polar surface area (TPSA) is 49.7 Å². The second-order valence-corrected chi connectivity index (χ2v) is 10.6. The molecule has 2 aromatic carbocycles. The van der Waals surface area contributed by atoms with Crippen LogP contribution >= 0.6 is 23.4 Å². The second-order valence-electron chi connectivity index (χ2n) is 7.14. The summed E-state index contributed by atoms with van der Waals surface area (Å²) in [6.07, 6.45) is 0. The summed E-state index contributed by atoms with van der Waals surface area (Å²) in [6, 6.07) is 13.7. The van der Waals surface area contributed by atoms with E-state index in [2.05, 4.69) is 36.9 Å². The zero-order valence-corrected chi connectivity index (χ0v) is 17.6. The molecule has 2 aliphatic heterocycles. The van der Waals surface area contributed by atoms with E-state index in [1.54, 1.807) is 11.8 Å². The number of aliphatic imine (C=N–C) groups is 1. The number of rotatable bonds is 3. The second kappa shape index (κ2) is 7.15. The van der Waals surface area contributed by atoms with Crippen molar-refractivity contribution in [3.63, 3.8) is 0 Å². The lowest BCUT2D eigenvalue weighted by atomic mass is 10.1. The molecule has 4 nitrogen and oxygen atoms in total. The van der Waals surface area contributed by atoms with Gasteiger partial charge in [0.15, 0.2) is 15.0 Å². The van der Waals surface area contributed by atoms with Gasteiger partial charge in [-0.25, -0.2) is 8.42 Å². The molecule has 2 heterocycles. The average molecular weight is 421 g/mol. The fourth-order valence-corrected chi connectivity index (χ4v) is 6.82. The molecule has 2 aromatic rings. The molecule has 0 radical (unpaired) electrons. The standard InChI is InChI=1S/C20H21ClN2O2S2/c1-13-7-8-16(9-14(13)2)23-19-12-27(24,25)11-18(19)22-20(23)26-10-15-5-3-4-6-17(15)21/h3-9,18-19H,10-12H2,1-2H3/t18-,19+/m0/s1. The van der Waals surface area contributed by atoms with E-state index in [4.69, 9.17) is 16.6 Å². The smallest absolute Gasteiger partial charge is 0.164 e. The molecule has 4 rings (SSSR count). The highest BCUT2D eigenvalue weighted by atomic mass is 35.5. The van der Waals surface area contributed by atoms with Gasteiger partial charge in [-0.1, -0.05) is 47.6 Å². The van der Waals surface area contributed by atoms with Crippen LogP contribution in [0.1, 0.15) is 16.7 Å². The maximum absolute atomic E-state index is 12.2. The zero-order valence-electron chi connectivity index (χ0n) is 15.2. The number of sulfone groups is 1. The number of nitrogens with zero attached hydrogens (tertiary/aromatic N) is 2.